The number of hydrogen-bond donors (Lipinski definition) is 1. The maximum absolute atomic E-state index is 13.0. The Morgan fingerprint density at radius 2 is 1.79 bits per heavy atom. The Kier molecular flexibility index (Phi) is 5.05. The molecular formula is C22H25N5O2. The highest BCUT2D eigenvalue weighted by atomic mass is 16.2. The Labute approximate surface area is 169 Å². The highest BCUT2D eigenvalue weighted by Gasteiger charge is 2.25. The number of pyridine rings is 1. The van der Waals surface area contributed by atoms with E-state index in [1.807, 2.05) is 37.3 Å². The van der Waals surface area contributed by atoms with E-state index in [9.17, 15) is 9.59 Å². The quantitative estimate of drug-likeness (QED) is 0.742. The number of rotatable bonds is 3. The van der Waals surface area contributed by atoms with Gasteiger partial charge < -0.3 is 14.8 Å². The maximum atomic E-state index is 13.0. The molecule has 0 aliphatic carbocycles. The van der Waals surface area contributed by atoms with Gasteiger partial charge in [-0.15, -0.1) is 0 Å². The first-order valence-corrected chi connectivity index (χ1v) is 9.94. The van der Waals surface area contributed by atoms with E-state index in [1.54, 1.807) is 11.0 Å². The summed E-state index contributed by atoms with van der Waals surface area (Å²) < 4.78 is 0. The standard InChI is InChI=1S/C22H25N5O2/c1-14(2)20-23-15(3)12-19(25-20)26-8-10-27(11-9-26)22(29)17-13-16-6-4-5-7-18(16)24-21(17)28/h4-7,12-14H,8-11H2,1-3H3,(H,24,28). The molecule has 29 heavy (non-hydrogen) atoms. The van der Waals surface area contributed by atoms with Crippen LogP contribution in [0.3, 0.4) is 0 Å². The van der Waals surface area contributed by atoms with Gasteiger partial charge in [-0.3, -0.25) is 9.59 Å². The Morgan fingerprint density at radius 1 is 1.07 bits per heavy atom. The number of piperazine rings is 1. The molecule has 0 saturated carbocycles. The number of hydrogen-bond acceptors (Lipinski definition) is 5. The zero-order valence-corrected chi connectivity index (χ0v) is 17.0. The van der Waals surface area contributed by atoms with Crippen molar-refractivity contribution in [3.8, 4) is 0 Å². The highest BCUT2D eigenvalue weighted by molar-refractivity contribution is 5.97. The van der Waals surface area contributed by atoms with Gasteiger partial charge in [0.1, 0.15) is 17.2 Å². The minimum absolute atomic E-state index is 0.192. The number of carbonyl (C=O) groups excluding carboxylic acids is 1. The van der Waals surface area contributed by atoms with E-state index in [0.29, 0.717) is 26.2 Å². The number of nitrogens with zero attached hydrogens (tertiary/aromatic N) is 4. The zero-order chi connectivity index (χ0) is 20.5. The fraction of sp³-hybridized carbons (Fsp3) is 0.364. The number of benzene rings is 1. The number of aromatic amines is 1. The minimum atomic E-state index is -0.343. The number of amides is 1. The van der Waals surface area contributed by atoms with Crippen molar-refractivity contribution in [3.63, 3.8) is 0 Å². The molecule has 1 aliphatic heterocycles. The van der Waals surface area contributed by atoms with Gasteiger partial charge in [0, 0.05) is 49.4 Å². The van der Waals surface area contributed by atoms with E-state index >= 15 is 0 Å². The summed E-state index contributed by atoms with van der Waals surface area (Å²) in [6.45, 7) is 8.57. The largest absolute Gasteiger partial charge is 0.353 e. The number of nitrogens with one attached hydrogen (secondary N) is 1. The lowest BCUT2D eigenvalue weighted by Gasteiger charge is -2.35. The van der Waals surface area contributed by atoms with E-state index in [0.717, 1.165) is 28.2 Å². The van der Waals surface area contributed by atoms with E-state index in [1.165, 1.54) is 0 Å². The van der Waals surface area contributed by atoms with Crippen LogP contribution in [-0.4, -0.2) is 51.9 Å². The number of carbonyl (C=O) groups is 1. The Bertz CT molecular complexity index is 1110. The predicted molar refractivity (Wildman–Crippen MR) is 114 cm³/mol. The second kappa shape index (κ2) is 7.66. The SMILES string of the molecule is Cc1cc(N2CCN(C(=O)c3cc4ccccc4[nH]c3=O)CC2)nc(C(C)C)n1. The molecule has 3 aromatic rings. The van der Waals surface area contributed by atoms with Gasteiger partial charge in [0.25, 0.3) is 11.5 Å². The van der Waals surface area contributed by atoms with Crippen LogP contribution in [0.5, 0.6) is 0 Å². The van der Waals surface area contributed by atoms with E-state index in [2.05, 4.69) is 33.7 Å². The van der Waals surface area contributed by atoms with Crippen molar-refractivity contribution in [1.82, 2.24) is 19.9 Å². The predicted octanol–water partition coefficient (Wildman–Crippen LogP) is 2.71. The molecule has 1 amide bonds. The van der Waals surface area contributed by atoms with Crippen LogP contribution in [0.1, 0.15) is 41.6 Å². The number of aromatic nitrogens is 3. The monoisotopic (exact) mass is 391 g/mol. The molecule has 1 saturated heterocycles. The molecule has 0 spiro atoms. The van der Waals surface area contributed by atoms with Gasteiger partial charge in [-0.1, -0.05) is 32.0 Å². The molecule has 0 bridgehead atoms. The fourth-order valence-corrected chi connectivity index (χ4v) is 3.61. The Morgan fingerprint density at radius 3 is 2.52 bits per heavy atom. The van der Waals surface area contributed by atoms with Gasteiger partial charge in [0.15, 0.2) is 0 Å². The maximum Gasteiger partial charge on any atom is 0.261 e. The lowest BCUT2D eigenvalue weighted by Crippen LogP contribution is -2.50. The third kappa shape index (κ3) is 3.85. The average Bonchev–Trinajstić information content (AvgIpc) is 2.72. The molecule has 3 heterocycles. The second-order valence-corrected chi connectivity index (χ2v) is 7.76. The summed E-state index contributed by atoms with van der Waals surface area (Å²) in [4.78, 5) is 41.3. The molecule has 2 aromatic heterocycles. The molecule has 150 valence electrons. The van der Waals surface area contributed by atoms with Crippen LogP contribution in [0.4, 0.5) is 5.82 Å². The van der Waals surface area contributed by atoms with Crippen molar-refractivity contribution in [2.45, 2.75) is 26.7 Å². The minimum Gasteiger partial charge on any atom is -0.353 e. The molecule has 1 aromatic carbocycles. The smallest absolute Gasteiger partial charge is 0.261 e. The number of fused-ring (bicyclic) bond motifs is 1. The van der Waals surface area contributed by atoms with Gasteiger partial charge in [-0.25, -0.2) is 9.97 Å². The van der Waals surface area contributed by atoms with E-state index in [-0.39, 0.29) is 22.9 Å². The zero-order valence-electron chi connectivity index (χ0n) is 17.0. The summed E-state index contributed by atoms with van der Waals surface area (Å²) in [6, 6.07) is 11.1. The fourth-order valence-electron chi connectivity index (χ4n) is 3.61. The summed E-state index contributed by atoms with van der Waals surface area (Å²) in [5.74, 6) is 1.77. The number of para-hydroxylation sites is 1. The number of H-pyrrole nitrogens is 1. The van der Waals surface area contributed by atoms with Crippen molar-refractivity contribution < 1.29 is 4.79 Å². The van der Waals surface area contributed by atoms with Gasteiger partial charge >= 0.3 is 0 Å². The third-order valence-electron chi connectivity index (χ3n) is 5.25. The normalized spacial score (nSPS) is 14.6. The molecule has 1 aliphatic rings. The van der Waals surface area contributed by atoms with Crippen LogP contribution in [0.25, 0.3) is 10.9 Å². The van der Waals surface area contributed by atoms with Crippen LogP contribution < -0.4 is 10.5 Å². The number of anilines is 1. The third-order valence-corrected chi connectivity index (χ3v) is 5.25. The topological polar surface area (TPSA) is 82.2 Å². The number of aryl methyl sites for hydroxylation is 1. The van der Waals surface area contributed by atoms with Crippen LogP contribution in [0.15, 0.2) is 41.2 Å². The average molecular weight is 391 g/mol. The van der Waals surface area contributed by atoms with Gasteiger partial charge in [-0.05, 0) is 24.4 Å². The van der Waals surface area contributed by atoms with Gasteiger partial charge in [0.2, 0.25) is 0 Å². The summed E-state index contributed by atoms with van der Waals surface area (Å²) in [6.07, 6.45) is 0. The van der Waals surface area contributed by atoms with E-state index < -0.39 is 0 Å². The molecule has 0 unspecified atom stereocenters. The summed E-state index contributed by atoms with van der Waals surface area (Å²) in [5, 5.41) is 0.853. The van der Waals surface area contributed by atoms with E-state index in [4.69, 9.17) is 0 Å². The molecule has 1 N–H and O–H groups in total. The first kappa shape index (κ1) is 19.1. The van der Waals surface area contributed by atoms with Crippen molar-refractivity contribution in [3.05, 3.63) is 63.8 Å². The first-order valence-electron chi connectivity index (χ1n) is 9.94. The highest BCUT2D eigenvalue weighted by Crippen LogP contribution is 2.19. The lowest BCUT2D eigenvalue weighted by molar-refractivity contribution is 0.0745. The van der Waals surface area contributed by atoms with Crippen LogP contribution in [0.2, 0.25) is 0 Å². The molecule has 7 nitrogen and oxygen atoms in total. The van der Waals surface area contributed by atoms with Crippen molar-refractivity contribution >= 4 is 22.6 Å². The molecular weight excluding hydrogens is 366 g/mol. The Hall–Kier alpha value is -3.22. The summed E-state index contributed by atoms with van der Waals surface area (Å²) in [5.41, 5.74) is 1.53. The molecule has 0 radical (unpaired) electrons. The van der Waals surface area contributed by atoms with Crippen molar-refractivity contribution in [1.29, 1.82) is 0 Å². The molecule has 1 fully saturated rings. The molecule has 4 rings (SSSR count). The second-order valence-electron chi connectivity index (χ2n) is 7.76. The van der Waals surface area contributed by atoms with Crippen LogP contribution in [-0.2, 0) is 0 Å². The van der Waals surface area contributed by atoms with Crippen LogP contribution >= 0.6 is 0 Å². The molecule has 7 heteroatoms. The van der Waals surface area contributed by atoms with Crippen molar-refractivity contribution in [2.75, 3.05) is 31.1 Å². The lowest BCUT2D eigenvalue weighted by atomic mass is 10.1. The summed E-state index contributed by atoms with van der Waals surface area (Å²) in [7, 11) is 0. The van der Waals surface area contributed by atoms with Gasteiger partial charge in [0.05, 0.1) is 0 Å². The van der Waals surface area contributed by atoms with Crippen molar-refractivity contribution in [2.24, 2.45) is 0 Å². The summed E-state index contributed by atoms with van der Waals surface area (Å²) >= 11 is 0. The Balaban J connectivity index is 1.51. The van der Waals surface area contributed by atoms with Gasteiger partial charge in [-0.2, -0.15) is 0 Å². The first-order chi connectivity index (χ1) is 13.9. The van der Waals surface area contributed by atoms with Crippen LogP contribution in [0, 0.1) is 6.92 Å². The molecule has 0 atom stereocenters.